The van der Waals surface area contributed by atoms with E-state index >= 15 is 0 Å². The van der Waals surface area contributed by atoms with E-state index in [0.717, 1.165) is 11.1 Å². The summed E-state index contributed by atoms with van der Waals surface area (Å²) in [5, 5.41) is 13.3. The van der Waals surface area contributed by atoms with E-state index in [1.807, 2.05) is 0 Å². The van der Waals surface area contributed by atoms with Gasteiger partial charge < -0.3 is 15.4 Å². The Morgan fingerprint density at radius 1 is 1.29 bits per heavy atom. The SMILES string of the molecule is N[C@H](CF)[C@H](O)c1ccc(-c2cnoc2)cc1. The molecular weight excluding hydrogens is 223 g/mol. The van der Waals surface area contributed by atoms with Crippen LogP contribution in [0.3, 0.4) is 0 Å². The molecule has 0 saturated heterocycles. The minimum atomic E-state index is -0.989. The molecule has 0 fully saturated rings. The molecule has 0 bridgehead atoms. The number of aromatic nitrogens is 1. The van der Waals surface area contributed by atoms with Crippen LogP contribution in [-0.2, 0) is 0 Å². The van der Waals surface area contributed by atoms with Crippen LogP contribution in [0.5, 0.6) is 0 Å². The number of hydrogen-bond donors (Lipinski definition) is 2. The maximum Gasteiger partial charge on any atom is 0.131 e. The van der Waals surface area contributed by atoms with Crippen molar-refractivity contribution in [3.8, 4) is 11.1 Å². The summed E-state index contributed by atoms with van der Waals surface area (Å²) in [5.41, 5.74) is 7.79. The third kappa shape index (κ3) is 2.51. The summed E-state index contributed by atoms with van der Waals surface area (Å²) >= 11 is 0. The third-order valence-corrected chi connectivity index (χ3v) is 2.60. The van der Waals surface area contributed by atoms with E-state index in [0.29, 0.717) is 5.56 Å². The number of aliphatic hydroxyl groups excluding tert-OH is 1. The molecule has 0 radical (unpaired) electrons. The molecule has 1 aromatic carbocycles. The van der Waals surface area contributed by atoms with Gasteiger partial charge in [0.2, 0.25) is 0 Å². The van der Waals surface area contributed by atoms with E-state index in [2.05, 4.69) is 5.16 Å². The highest BCUT2D eigenvalue weighted by molar-refractivity contribution is 5.61. The number of alkyl halides is 1. The molecule has 0 unspecified atom stereocenters. The lowest BCUT2D eigenvalue weighted by molar-refractivity contribution is 0.132. The smallest absolute Gasteiger partial charge is 0.131 e. The molecule has 2 aromatic rings. The van der Waals surface area contributed by atoms with Crippen LogP contribution >= 0.6 is 0 Å². The predicted octanol–water partition coefficient (Wildman–Crippen LogP) is 1.67. The van der Waals surface area contributed by atoms with Crippen LogP contribution in [0.2, 0.25) is 0 Å². The van der Waals surface area contributed by atoms with Gasteiger partial charge in [0.05, 0.1) is 18.3 Å². The Balaban J connectivity index is 2.18. The Morgan fingerprint density at radius 2 is 2.00 bits per heavy atom. The second-order valence-corrected chi connectivity index (χ2v) is 3.80. The van der Waals surface area contributed by atoms with Crippen LogP contribution in [0.25, 0.3) is 11.1 Å². The zero-order chi connectivity index (χ0) is 12.3. The van der Waals surface area contributed by atoms with Crippen molar-refractivity contribution in [3.05, 3.63) is 42.3 Å². The summed E-state index contributed by atoms with van der Waals surface area (Å²) in [6, 6.07) is 6.13. The number of halogens is 1. The fourth-order valence-electron chi connectivity index (χ4n) is 1.55. The van der Waals surface area contributed by atoms with Gasteiger partial charge in [0, 0.05) is 5.56 Å². The third-order valence-electron chi connectivity index (χ3n) is 2.60. The second-order valence-electron chi connectivity index (χ2n) is 3.80. The van der Waals surface area contributed by atoms with Crippen molar-refractivity contribution in [2.75, 3.05) is 6.67 Å². The molecular formula is C12H13FN2O2. The summed E-state index contributed by atoms with van der Waals surface area (Å²) in [6.45, 7) is -0.755. The maximum atomic E-state index is 12.3. The van der Waals surface area contributed by atoms with Gasteiger partial charge in [-0.1, -0.05) is 29.4 Å². The molecule has 0 amide bonds. The molecule has 2 atom stereocenters. The fourth-order valence-corrected chi connectivity index (χ4v) is 1.55. The van der Waals surface area contributed by atoms with Gasteiger partial charge in [0.25, 0.3) is 0 Å². The lowest BCUT2D eigenvalue weighted by Crippen LogP contribution is -2.30. The standard InChI is InChI=1S/C12H13FN2O2/c13-5-11(14)12(16)9-3-1-8(2-4-9)10-6-15-17-7-10/h1-4,6-7,11-12,16H,5,14H2/t11-,12-/m1/s1. The van der Waals surface area contributed by atoms with Crippen LogP contribution < -0.4 is 5.73 Å². The summed E-state index contributed by atoms with van der Waals surface area (Å²) in [6.07, 6.45) is 2.13. The summed E-state index contributed by atoms with van der Waals surface area (Å²) in [7, 11) is 0. The first kappa shape index (κ1) is 11.8. The van der Waals surface area contributed by atoms with E-state index in [1.54, 1.807) is 30.5 Å². The number of nitrogens with zero attached hydrogens (tertiary/aromatic N) is 1. The van der Waals surface area contributed by atoms with Crippen LogP contribution in [-0.4, -0.2) is 23.0 Å². The minimum absolute atomic E-state index is 0.593. The molecule has 90 valence electrons. The molecule has 4 nitrogen and oxygen atoms in total. The number of aliphatic hydroxyl groups is 1. The molecule has 0 aliphatic rings. The van der Waals surface area contributed by atoms with Crippen molar-refractivity contribution >= 4 is 0 Å². The highest BCUT2D eigenvalue weighted by Gasteiger charge is 2.16. The van der Waals surface area contributed by atoms with Crippen molar-refractivity contribution in [2.45, 2.75) is 12.1 Å². The molecule has 0 aliphatic heterocycles. The fraction of sp³-hybridized carbons (Fsp3) is 0.250. The lowest BCUT2D eigenvalue weighted by Gasteiger charge is -2.16. The summed E-state index contributed by atoms with van der Waals surface area (Å²) in [4.78, 5) is 0. The number of nitrogens with two attached hydrogens (primary N) is 1. The Hall–Kier alpha value is -1.72. The van der Waals surface area contributed by atoms with Gasteiger partial charge in [-0.15, -0.1) is 0 Å². The average molecular weight is 236 g/mol. The summed E-state index contributed by atoms with van der Waals surface area (Å²) < 4.78 is 17.1. The first-order valence-corrected chi connectivity index (χ1v) is 5.21. The van der Waals surface area contributed by atoms with Gasteiger partial charge in [0.1, 0.15) is 12.9 Å². The molecule has 1 aromatic heterocycles. The zero-order valence-corrected chi connectivity index (χ0v) is 9.08. The van der Waals surface area contributed by atoms with E-state index < -0.39 is 18.8 Å². The quantitative estimate of drug-likeness (QED) is 0.847. The molecule has 1 heterocycles. The zero-order valence-electron chi connectivity index (χ0n) is 9.08. The normalized spacial score (nSPS) is 14.5. The molecule has 0 aliphatic carbocycles. The van der Waals surface area contributed by atoms with Crippen molar-refractivity contribution in [1.29, 1.82) is 0 Å². The second kappa shape index (κ2) is 5.07. The molecule has 3 N–H and O–H groups in total. The lowest BCUT2D eigenvalue weighted by atomic mass is 10.0. The Bertz CT molecular complexity index is 456. The predicted molar refractivity (Wildman–Crippen MR) is 60.8 cm³/mol. The monoisotopic (exact) mass is 236 g/mol. The highest BCUT2D eigenvalue weighted by atomic mass is 19.1. The molecule has 17 heavy (non-hydrogen) atoms. The minimum Gasteiger partial charge on any atom is -0.387 e. The molecule has 5 heteroatoms. The molecule has 0 spiro atoms. The van der Waals surface area contributed by atoms with Gasteiger partial charge >= 0.3 is 0 Å². The van der Waals surface area contributed by atoms with Crippen LogP contribution in [0.15, 0.2) is 41.2 Å². The number of benzene rings is 1. The van der Waals surface area contributed by atoms with Gasteiger partial charge in [0.15, 0.2) is 0 Å². The van der Waals surface area contributed by atoms with Crippen LogP contribution in [0.1, 0.15) is 11.7 Å². The van der Waals surface area contributed by atoms with Gasteiger partial charge in [-0.05, 0) is 11.1 Å². The number of hydrogen-bond acceptors (Lipinski definition) is 4. The molecule has 2 rings (SSSR count). The Morgan fingerprint density at radius 3 is 2.53 bits per heavy atom. The van der Waals surface area contributed by atoms with Crippen molar-refractivity contribution < 1.29 is 14.0 Å². The van der Waals surface area contributed by atoms with Crippen LogP contribution in [0, 0.1) is 0 Å². The van der Waals surface area contributed by atoms with Gasteiger partial charge in [-0.3, -0.25) is 0 Å². The van der Waals surface area contributed by atoms with Gasteiger partial charge in [-0.2, -0.15) is 0 Å². The van der Waals surface area contributed by atoms with Crippen molar-refractivity contribution in [2.24, 2.45) is 5.73 Å². The van der Waals surface area contributed by atoms with E-state index in [-0.39, 0.29) is 0 Å². The first-order chi connectivity index (χ1) is 8.22. The number of rotatable bonds is 4. The van der Waals surface area contributed by atoms with Crippen molar-refractivity contribution in [1.82, 2.24) is 5.16 Å². The average Bonchev–Trinajstić information content (AvgIpc) is 2.91. The van der Waals surface area contributed by atoms with E-state index in [1.165, 1.54) is 6.26 Å². The topological polar surface area (TPSA) is 72.3 Å². The molecule has 0 saturated carbocycles. The Kier molecular flexibility index (Phi) is 3.51. The summed E-state index contributed by atoms with van der Waals surface area (Å²) in [5.74, 6) is 0. The van der Waals surface area contributed by atoms with Gasteiger partial charge in [-0.25, -0.2) is 4.39 Å². The maximum absolute atomic E-state index is 12.3. The van der Waals surface area contributed by atoms with Crippen molar-refractivity contribution in [3.63, 3.8) is 0 Å². The Labute approximate surface area is 97.8 Å². The highest BCUT2D eigenvalue weighted by Crippen LogP contribution is 2.22. The van der Waals surface area contributed by atoms with E-state index in [4.69, 9.17) is 10.3 Å². The largest absolute Gasteiger partial charge is 0.387 e. The van der Waals surface area contributed by atoms with E-state index in [9.17, 15) is 9.50 Å². The first-order valence-electron chi connectivity index (χ1n) is 5.21. The van der Waals surface area contributed by atoms with Crippen LogP contribution in [0.4, 0.5) is 4.39 Å².